The summed E-state index contributed by atoms with van der Waals surface area (Å²) in [6.45, 7) is 4.15. The Morgan fingerprint density at radius 2 is 2.11 bits per heavy atom. The van der Waals surface area contributed by atoms with E-state index in [4.69, 9.17) is 21.1 Å². The second-order valence-electron chi connectivity index (χ2n) is 4.15. The molecule has 1 rings (SSSR count). The maximum atomic E-state index is 11.4. The van der Waals surface area contributed by atoms with Crippen molar-refractivity contribution in [2.24, 2.45) is 0 Å². The van der Waals surface area contributed by atoms with Crippen LogP contribution in [0.1, 0.15) is 33.1 Å². The number of hydrogen-bond acceptors (Lipinski definition) is 3. The summed E-state index contributed by atoms with van der Waals surface area (Å²) in [7, 11) is 0. The summed E-state index contributed by atoms with van der Waals surface area (Å²) in [6, 6.07) is 7.23. The minimum Gasteiger partial charge on any atom is -0.488 e. The van der Waals surface area contributed by atoms with Crippen LogP contribution >= 0.6 is 11.6 Å². The second-order valence-corrected chi connectivity index (χ2v) is 4.55. The van der Waals surface area contributed by atoms with Gasteiger partial charge in [-0.05, 0) is 25.5 Å². The Morgan fingerprint density at radius 3 is 2.78 bits per heavy atom. The number of rotatable bonds is 7. The molecule has 0 N–H and O–H groups in total. The fraction of sp³-hybridized carbons (Fsp3) is 0.500. The van der Waals surface area contributed by atoms with Crippen molar-refractivity contribution < 1.29 is 14.3 Å². The molecule has 4 heteroatoms. The normalized spacial score (nSPS) is 11.9. The van der Waals surface area contributed by atoms with Gasteiger partial charge in [0.15, 0.2) is 0 Å². The molecular weight excluding hydrogens is 252 g/mol. The van der Waals surface area contributed by atoms with E-state index < -0.39 is 0 Å². The van der Waals surface area contributed by atoms with Crippen LogP contribution in [0.3, 0.4) is 0 Å². The van der Waals surface area contributed by atoms with Crippen LogP contribution in [0.15, 0.2) is 24.3 Å². The quantitative estimate of drug-likeness (QED) is 0.706. The van der Waals surface area contributed by atoms with Crippen LogP contribution in [-0.2, 0) is 9.53 Å². The van der Waals surface area contributed by atoms with Crippen molar-refractivity contribution in [3.63, 3.8) is 0 Å². The molecule has 0 heterocycles. The van der Waals surface area contributed by atoms with Gasteiger partial charge in [0.1, 0.15) is 18.5 Å². The topological polar surface area (TPSA) is 35.5 Å². The Balaban J connectivity index is 2.31. The molecule has 18 heavy (non-hydrogen) atoms. The zero-order valence-electron chi connectivity index (χ0n) is 10.8. The van der Waals surface area contributed by atoms with Crippen LogP contribution in [-0.4, -0.2) is 18.7 Å². The number of carbonyl (C=O) groups excluding carboxylic acids is 1. The van der Waals surface area contributed by atoms with E-state index in [2.05, 4.69) is 0 Å². The van der Waals surface area contributed by atoms with E-state index in [1.165, 1.54) is 0 Å². The molecule has 0 aromatic heterocycles. The van der Waals surface area contributed by atoms with Crippen molar-refractivity contribution in [1.82, 2.24) is 0 Å². The number of halogens is 1. The first-order valence-corrected chi connectivity index (χ1v) is 6.58. The number of esters is 1. The van der Waals surface area contributed by atoms with Crippen molar-refractivity contribution in [1.29, 1.82) is 0 Å². The summed E-state index contributed by atoms with van der Waals surface area (Å²) in [6.07, 6.45) is 2.04. The SMILES string of the molecule is CCCCC(=O)O[C@@H](C)COc1ccccc1Cl. The molecule has 1 atom stereocenters. The average molecular weight is 271 g/mol. The lowest BCUT2D eigenvalue weighted by molar-refractivity contribution is -0.149. The molecule has 0 radical (unpaired) electrons. The lowest BCUT2D eigenvalue weighted by Gasteiger charge is -2.14. The van der Waals surface area contributed by atoms with Gasteiger partial charge in [0.2, 0.25) is 0 Å². The predicted octanol–water partition coefficient (Wildman–Crippen LogP) is 3.84. The molecule has 0 amide bonds. The van der Waals surface area contributed by atoms with E-state index in [-0.39, 0.29) is 12.1 Å². The van der Waals surface area contributed by atoms with Gasteiger partial charge in [0.05, 0.1) is 5.02 Å². The highest BCUT2D eigenvalue weighted by atomic mass is 35.5. The van der Waals surface area contributed by atoms with E-state index in [1.807, 2.05) is 19.1 Å². The zero-order valence-corrected chi connectivity index (χ0v) is 11.6. The van der Waals surface area contributed by atoms with E-state index in [9.17, 15) is 4.79 Å². The summed E-state index contributed by atoms with van der Waals surface area (Å²) in [5.41, 5.74) is 0. The Labute approximate surface area is 113 Å². The number of carbonyl (C=O) groups is 1. The molecule has 0 aliphatic rings. The monoisotopic (exact) mass is 270 g/mol. The molecule has 0 spiro atoms. The summed E-state index contributed by atoms with van der Waals surface area (Å²) < 4.78 is 10.7. The second kappa shape index (κ2) is 7.98. The van der Waals surface area contributed by atoms with E-state index in [0.717, 1.165) is 12.8 Å². The molecule has 0 saturated carbocycles. The molecule has 0 bridgehead atoms. The zero-order chi connectivity index (χ0) is 13.4. The number of hydrogen-bond donors (Lipinski definition) is 0. The first-order chi connectivity index (χ1) is 8.63. The molecular formula is C14H19ClO3. The molecule has 3 nitrogen and oxygen atoms in total. The highest BCUT2D eigenvalue weighted by molar-refractivity contribution is 6.32. The first-order valence-electron chi connectivity index (χ1n) is 6.20. The first kappa shape index (κ1) is 14.8. The minimum atomic E-state index is -0.273. The van der Waals surface area contributed by atoms with Crippen LogP contribution in [0, 0.1) is 0 Å². The maximum Gasteiger partial charge on any atom is 0.306 e. The van der Waals surface area contributed by atoms with Crippen LogP contribution in [0.25, 0.3) is 0 Å². The van der Waals surface area contributed by atoms with Gasteiger partial charge in [-0.2, -0.15) is 0 Å². The third-order valence-electron chi connectivity index (χ3n) is 2.38. The summed E-state index contributed by atoms with van der Waals surface area (Å²) in [5.74, 6) is 0.433. The van der Waals surface area contributed by atoms with Crippen molar-refractivity contribution in [2.45, 2.75) is 39.2 Å². The molecule has 100 valence electrons. The average Bonchev–Trinajstić information content (AvgIpc) is 2.35. The third-order valence-corrected chi connectivity index (χ3v) is 2.69. The largest absolute Gasteiger partial charge is 0.488 e. The molecule has 0 aliphatic carbocycles. The molecule has 0 fully saturated rings. The number of ether oxygens (including phenoxy) is 2. The summed E-state index contributed by atoms with van der Waals surface area (Å²) in [5, 5.41) is 0.557. The smallest absolute Gasteiger partial charge is 0.306 e. The van der Waals surface area contributed by atoms with Crippen LogP contribution in [0.4, 0.5) is 0 Å². The summed E-state index contributed by atoms with van der Waals surface area (Å²) >= 11 is 5.95. The molecule has 1 aromatic carbocycles. The van der Waals surface area contributed by atoms with Crippen LogP contribution in [0.2, 0.25) is 5.02 Å². The third kappa shape index (κ3) is 5.41. The standard InChI is InChI=1S/C14H19ClO3/c1-3-4-9-14(16)18-11(2)10-17-13-8-6-5-7-12(13)15/h5-8,11H,3-4,9-10H2,1-2H3/t11-/m0/s1. The molecule has 0 aliphatic heterocycles. The summed E-state index contributed by atoms with van der Waals surface area (Å²) in [4.78, 5) is 11.4. The van der Waals surface area contributed by atoms with Gasteiger partial charge in [-0.1, -0.05) is 37.1 Å². The van der Waals surface area contributed by atoms with Crippen molar-refractivity contribution in [3.05, 3.63) is 29.3 Å². The number of para-hydroxylation sites is 1. The molecule has 0 saturated heterocycles. The maximum absolute atomic E-state index is 11.4. The van der Waals surface area contributed by atoms with Gasteiger partial charge in [-0.25, -0.2) is 0 Å². The van der Waals surface area contributed by atoms with Crippen molar-refractivity contribution in [2.75, 3.05) is 6.61 Å². The van der Waals surface area contributed by atoms with Gasteiger partial charge in [-0.15, -0.1) is 0 Å². The highest BCUT2D eigenvalue weighted by Crippen LogP contribution is 2.23. The lowest BCUT2D eigenvalue weighted by atomic mass is 10.2. The Bertz CT molecular complexity index is 379. The minimum absolute atomic E-state index is 0.174. The van der Waals surface area contributed by atoms with Gasteiger partial charge < -0.3 is 9.47 Å². The van der Waals surface area contributed by atoms with E-state index in [1.54, 1.807) is 19.1 Å². The van der Waals surface area contributed by atoms with Crippen molar-refractivity contribution in [3.8, 4) is 5.75 Å². The lowest BCUT2D eigenvalue weighted by Crippen LogP contribution is -2.21. The Kier molecular flexibility index (Phi) is 6.58. The van der Waals surface area contributed by atoms with E-state index >= 15 is 0 Å². The Morgan fingerprint density at radius 1 is 1.39 bits per heavy atom. The van der Waals surface area contributed by atoms with Crippen LogP contribution < -0.4 is 4.74 Å². The Hall–Kier alpha value is -1.22. The van der Waals surface area contributed by atoms with Crippen LogP contribution in [0.5, 0.6) is 5.75 Å². The van der Waals surface area contributed by atoms with Crippen molar-refractivity contribution >= 4 is 17.6 Å². The van der Waals surface area contributed by atoms with Gasteiger partial charge in [0, 0.05) is 6.42 Å². The molecule has 1 aromatic rings. The molecule has 0 unspecified atom stereocenters. The van der Waals surface area contributed by atoms with Gasteiger partial charge in [-0.3, -0.25) is 4.79 Å². The van der Waals surface area contributed by atoms with Gasteiger partial charge >= 0.3 is 5.97 Å². The van der Waals surface area contributed by atoms with E-state index in [0.29, 0.717) is 23.8 Å². The highest BCUT2D eigenvalue weighted by Gasteiger charge is 2.10. The fourth-order valence-electron chi connectivity index (χ4n) is 1.41. The number of benzene rings is 1. The number of unbranched alkanes of at least 4 members (excludes halogenated alkanes) is 1. The predicted molar refractivity (Wildman–Crippen MR) is 72.0 cm³/mol. The van der Waals surface area contributed by atoms with Gasteiger partial charge in [0.25, 0.3) is 0 Å². The fourth-order valence-corrected chi connectivity index (χ4v) is 1.60.